The number of pyridine rings is 1. The number of nitrogens with zero attached hydrogens (tertiary/aromatic N) is 2. The number of hydrogen-bond donors (Lipinski definition) is 0. The molecule has 96 valence electrons. The number of nitriles is 1. The maximum absolute atomic E-state index is 11.7. The molecule has 4 nitrogen and oxygen atoms in total. The molecule has 19 heavy (non-hydrogen) atoms. The molecule has 2 rings (SSSR count). The summed E-state index contributed by atoms with van der Waals surface area (Å²) in [6, 6.07) is 12.0. The van der Waals surface area contributed by atoms with E-state index in [-0.39, 0.29) is 4.90 Å². The highest BCUT2D eigenvalue weighted by Gasteiger charge is 2.15. The van der Waals surface area contributed by atoms with Gasteiger partial charge in [-0.3, -0.25) is 0 Å². The summed E-state index contributed by atoms with van der Waals surface area (Å²) in [4.78, 5) is 4.93. The van der Waals surface area contributed by atoms with Gasteiger partial charge in [0.05, 0.1) is 10.5 Å². The normalized spacial score (nSPS) is 10.9. The van der Waals surface area contributed by atoms with Gasteiger partial charge in [-0.05, 0) is 24.3 Å². The SMILES string of the molecule is CS(=O)(=O)c1ccccc1Sc1ncccc1C#N. The summed E-state index contributed by atoms with van der Waals surface area (Å²) < 4.78 is 23.4. The van der Waals surface area contributed by atoms with E-state index in [9.17, 15) is 8.42 Å². The highest BCUT2D eigenvalue weighted by atomic mass is 32.2. The molecular weight excluding hydrogens is 280 g/mol. The average Bonchev–Trinajstić information content (AvgIpc) is 2.39. The lowest BCUT2D eigenvalue weighted by Gasteiger charge is -2.07. The second-order valence-corrected chi connectivity index (χ2v) is 6.80. The standard InChI is InChI=1S/C13H10N2O2S2/c1-19(16,17)12-7-3-2-6-11(12)18-13-10(9-14)5-4-8-15-13/h2-8H,1H3. The topological polar surface area (TPSA) is 70.8 Å². The van der Waals surface area contributed by atoms with Crippen molar-refractivity contribution in [3.05, 3.63) is 48.2 Å². The van der Waals surface area contributed by atoms with E-state index in [4.69, 9.17) is 5.26 Å². The van der Waals surface area contributed by atoms with Gasteiger partial charge in [-0.2, -0.15) is 5.26 Å². The summed E-state index contributed by atoms with van der Waals surface area (Å²) in [6.45, 7) is 0. The van der Waals surface area contributed by atoms with Gasteiger partial charge in [0, 0.05) is 17.3 Å². The van der Waals surface area contributed by atoms with Crippen molar-refractivity contribution >= 4 is 21.6 Å². The van der Waals surface area contributed by atoms with Crippen LogP contribution in [0.15, 0.2) is 57.4 Å². The molecule has 0 amide bonds. The van der Waals surface area contributed by atoms with Crippen LogP contribution < -0.4 is 0 Å². The van der Waals surface area contributed by atoms with E-state index in [1.54, 1.807) is 42.6 Å². The highest BCUT2D eigenvalue weighted by molar-refractivity contribution is 8.00. The Morgan fingerprint density at radius 1 is 1.21 bits per heavy atom. The Labute approximate surface area is 116 Å². The van der Waals surface area contributed by atoms with Gasteiger partial charge in [-0.1, -0.05) is 23.9 Å². The molecule has 0 aliphatic carbocycles. The number of hydrogen-bond acceptors (Lipinski definition) is 5. The highest BCUT2D eigenvalue weighted by Crippen LogP contribution is 2.32. The number of aromatic nitrogens is 1. The predicted octanol–water partition coefficient (Wildman–Crippen LogP) is 2.51. The van der Waals surface area contributed by atoms with Crippen molar-refractivity contribution in [3.63, 3.8) is 0 Å². The van der Waals surface area contributed by atoms with Crippen molar-refractivity contribution in [2.75, 3.05) is 6.26 Å². The second-order valence-electron chi connectivity index (χ2n) is 3.79. The molecule has 2 aromatic rings. The van der Waals surface area contributed by atoms with Crippen LogP contribution in [0.4, 0.5) is 0 Å². The summed E-state index contributed by atoms with van der Waals surface area (Å²) in [5.41, 5.74) is 0.427. The minimum absolute atomic E-state index is 0.245. The van der Waals surface area contributed by atoms with Gasteiger partial charge >= 0.3 is 0 Å². The first-order valence-electron chi connectivity index (χ1n) is 5.34. The van der Waals surface area contributed by atoms with Crippen molar-refractivity contribution in [1.82, 2.24) is 4.98 Å². The fraction of sp³-hybridized carbons (Fsp3) is 0.0769. The Bertz CT molecular complexity index is 749. The molecule has 0 aliphatic rings. The molecule has 1 heterocycles. The van der Waals surface area contributed by atoms with Crippen LogP contribution in [0.1, 0.15) is 5.56 Å². The molecule has 0 spiro atoms. The molecular formula is C13H10N2O2S2. The van der Waals surface area contributed by atoms with Crippen LogP contribution in [-0.4, -0.2) is 19.7 Å². The predicted molar refractivity (Wildman–Crippen MR) is 72.6 cm³/mol. The summed E-state index contributed by atoms with van der Waals surface area (Å²) in [5, 5.41) is 9.51. The third-order valence-electron chi connectivity index (χ3n) is 2.35. The van der Waals surface area contributed by atoms with Crippen LogP contribution in [0.25, 0.3) is 0 Å². The monoisotopic (exact) mass is 290 g/mol. The number of benzene rings is 1. The minimum atomic E-state index is -3.30. The molecule has 0 atom stereocenters. The van der Waals surface area contributed by atoms with E-state index in [1.807, 2.05) is 6.07 Å². The van der Waals surface area contributed by atoms with Crippen LogP contribution in [0.5, 0.6) is 0 Å². The lowest BCUT2D eigenvalue weighted by atomic mass is 10.3. The van der Waals surface area contributed by atoms with Crippen LogP contribution in [0, 0.1) is 11.3 Å². The van der Waals surface area contributed by atoms with Gasteiger partial charge in [0.15, 0.2) is 9.84 Å². The number of sulfone groups is 1. The number of rotatable bonds is 3. The fourth-order valence-electron chi connectivity index (χ4n) is 1.50. The van der Waals surface area contributed by atoms with Crippen LogP contribution in [0.3, 0.4) is 0 Å². The van der Waals surface area contributed by atoms with E-state index in [0.717, 1.165) is 6.26 Å². The van der Waals surface area contributed by atoms with E-state index in [2.05, 4.69) is 4.98 Å². The summed E-state index contributed by atoms with van der Waals surface area (Å²) >= 11 is 1.18. The van der Waals surface area contributed by atoms with E-state index in [1.165, 1.54) is 11.8 Å². The Morgan fingerprint density at radius 2 is 1.95 bits per heavy atom. The van der Waals surface area contributed by atoms with Gasteiger partial charge in [-0.25, -0.2) is 13.4 Å². The Morgan fingerprint density at radius 3 is 2.63 bits per heavy atom. The van der Waals surface area contributed by atoms with Crippen LogP contribution >= 0.6 is 11.8 Å². The molecule has 0 aliphatic heterocycles. The zero-order valence-corrected chi connectivity index (χ0v) is 11.7. The van der Waals surface area contributed by atoms with Crippen molar-refractivity contribution in [1.29, 1.82) is 5.26 Å². The third-order valence-corrected chi connectivity index (χ3v) is 4.73. The zero-order chi connectivity index (χ0) is 13.9. The van der Waals surface area contributed by atoms with E-state index in [0.29, 0.717) is 15.5 Å². The molecule has 0 radical (unpaired) electrons. The molecule has 0 saturated carbocycles. The van der Waals surface area contributed by atoms with Crippen molar-refractivity contribution in [2.24, 2.45) is 0 Å². The average molecular weight is 290 g/mol. The molecule has 0 unspecified atom stereocenters. The maximum atomic E-state index is 11.7. The first-order chi connectivity index (χ1) is 9.02. The molecule has 0 bridgehead atoms. The Hall–Kier alpha value is -1.84. The molecule has 1 aromatic heterocycles. The van der Waals surface area contributed by atoms with Gasteiger partial charge in [0.2, 0.25) is 0 Å². The van der Waals surface area contributed by atoms with Crippen molar-refractivity contribution in [2.45, 2.75) is 14.8 Å². The summed E-state index contributed by atoms with van der Waals surface area (Å²) in [5.74, 6) is 0. The quantitative estimate of drug-likeness (QED) is 0.868. The van der Waals surface area contributed by atoms with Gasteiger partial charge in [0.1, 0.15) is 11.1 Å². The lowest BCUT2D eigenvalue weighted by molar-refractivity contribution is 0.600. The largest absolute Gasteiger partial charge is 0.248 e. The fourth-order valence-corrected chi connectivity index (χ4v) is 3.70. The summed E-state index contributed by atoms with van der Waals surface area (Å²) in [7, 11) is -3.30. The maximum Gasteiger partial charge on any atom is 0.176 e. The molecule has 0 N–H and O–H groups in total. The molecule has 0 saturated heterocycles. The van der Waals surface area contributed by atoms with Gasteiger partial charge in [-0.15, -0.1) is 0 Å². The summed E-state index contributed by atoms with van der Waals surface area (Å²) in [6.07, 6.45) is 2.74. The first kappa shape index (κ1) is 13.6. The molecule has 0 fully saturated rings. The van der Waals surface area contributed by atoms with E-state index < -0.39 is 9.84 Å². The molecule has 1 aromatic carbocycles. The van der Waals surface area contributed by atoms with E-state index >= 15 is 0 Å². The van der Waals surface area contributed by atoms with Crippen molar-refractivity contribution in [3.8, 4) is 6.07 Å². The smallest absolute Gasteiger partial charge is 0.176 e. The Kier molecular flexibility index (Phi) is 3.88. The van der Waals surface area contributed by atoms with Crippen molar-refractivity contribution < 1.29 is 8.42 Å². The lowest BCUT2D eigenvalue weighted by Crippen LogP contribution is -1.99. The minimum Gasteiger partial charge on any atom is -0.248 e. The zero-order valence-electron chi connectivity index (χ0n) is 10.1. The Balaban J connectivity index is 2.48. The van der Waals surface area contributed by atoms with Gasteiger partial charge in [0.25, 0.3) is 0 Å². The van der Waals surface area contributed by atoms with Crippen LogP contribution in [-0.2, 0) is 9.84 Å². The van der Waals surface area contributed by atoms with Crippen LogP contribution in [0.2, 0.25) is 0 Å². The first-order valence-corrected chi connectivity index (χ1v) is 8.05. The third kappa shape index (κ3) is 3.13. The second kappa shape index (κ2) is 5.43. The molecule has 6 heteroatoms. The van der Waals surface area contributed by atoms with Gasteiger partial charge < -0.3 is 0 Å².